The largest absolute Gasteiger partial charge is 0.490 e. The number of hydrogen-bond donors (Lipinski definition) is 1. The minimum atomic E-state index is -1.03. The molecule has 0 aromatic heterocycles. The molecule has 2 N–H and O–H groups in total. The molecule has 0 aliphatic carbocycles. The van der Waals surface area contributed by atoms with E-state index in [2.05, 4.69) is 0 Å². The summed E-state index contributed by atoms with van der Waals surface area (Å²) in [6.45, 7) is 7.65. The van der Waals surface area contributed by atoms with Crippen LogP contribution in [0.3, 0.4) is 0 Å². The Balaban J connectivity index is 2.62. The minimum Gasteiger partial charge on any atom is -0.490 e. The van der Waals surface area contributed by atoms with Crippen LogP contribution in [-0.4, -0.2) is 24.2 Å². The van der Waals surface area contributed by atoms with Crippen molar-refractivity contribution in [3.8, 4) is 5.75 Å². The van der Waals surface area contributed by atoms with E-state index in [-0.39, 0.29) is 6.10 Å². The highest BCUT2D eigenvalue weighted by Gasteiger charge is 2.32. The van der Waals surface area contributed by atoms with Gasteiger partial charge in [-0.25, -0.2) is 0 Å². The van der Waals surface area contributed by atoms with Gasteiger partial charge in [-0.2, -0.15) is 0 Å². The Morgan fingerprint density at radius 2 is 2.05 bits per heavy atom. The molecule has 19 heavy (non-hydrogen) atoms. The summed E-state index contributed by atoms with van der Waals surface area (Å²) in [6.07, 6.45) is 0.237. The van der Waals surface area contributed by atoms with Gasteiger partial charge < -0.3 is 15.2 Å². The van der Waals surface area contributed by atoms with Gasteiger partial charge in [0.15, 0.2) is 0 Å². The summed E-state index contributed by atoms with van der Waals surface area (Å²) in [7, 11) is 0. The zero-order valence-corrected chi connectivity index (χ0v) is 12.1. The third kappa shape index (κ3) is 4.56. The van der Waals surface area contributed by atoms with Gasteiger partial charge in [-0.05, 0) is 39.3 Å². The Hall–Kier alpha value is -1.55. The Bertz CT molecular complexity index is 429. The van der Waals surface area contributed by atoms with Crippen molar-refractivity contribution < 1.29 is 14.3 Å². The molecule has 0 aliphatic heterocycles. The molecule has 0 heterocycles. The first-order valence-electron chi connectivity index (χ1n) is 6.55. The van der Waals surface area contributed by atoms with E-state index in [9.17, 15) is 4.79 Å². The van der Waals surface area contributed by atoms with E-state index < -0.39 is 11.5 Å². The summed E-state index contributed by atoms with van der Waals surface area (Å²) < 4.78 is 10.8. The smallest absolute Gasteiger partial charge is 0.325 e. The number of carbonyl (C=O) groups excluding carboxylic acids is 1. The first kappa shape index (κ1) is 15.5. The van der Waals surface area contributed by atoms with E-state index in [0.29, 0.717) is 13.0 Å². The van der Waals surface area contributed by atoms with Crippen molar-refractivity contribution in [2.45, 2.75) is 45.8 Å². The highest BCUT2D eigenvalue weighted by molar-refractivity contribution is 5.80. The highest BCUT2D eigenvalue weighted by atomic mass is 16.5. The lowest BCUT2D eigenvalue weighted by Gasteiger charge is -2.26. The van der Waals surface area contributed by atoms with E-state index in [0.717, 1.165) is 11.3 Å². The van der Waals surface area contributed by atoms with Crippen LogP contribution in [0.2, 0.25) is 0 Å². The average molecular weight is 265 g/mol. The Labute approximate surface area is 114 Å². The van der Waals surface area contributed by atoms with Gasteiger partial charge in [-0.15, -0.1) is 0 Å². The number of hydrogen-bond acceptors (Lipinski definition) is 4. The van der Waals surface area contributed by atoms with Crippen molar-refractivity contribution in [3.05, 3.63) is 29.8 Å². The number of ether oxygens (including phenoxy) is 2. The van der Waals surface area contributed by atoms with Crippen molar-refractivity contribution in [2.24, 2.45) is 5.73 Å². The van der Waals surface area contributed by atoms with Crippen LogP contribution >= 0.6 is 0 Å². The number of esters is 1. The summed E-state index contributed by atoms with van der Waals surface area (Å²) in [5, 5.41) is 0. The van der Waals surface area contributed by atoms with Crippen molar-refractivity contribution in [1.29, 1.82) is 0 Å². The summed E-state index contributed by atoms with van der Waals surface area (Å²) in [5.74, 6) is 0.421. The number of nitrogens with two attached hydrogens (primary N) is 1. The number of para-hydroxylation sites is 1. The molecular weight excluding hydrogens is 242 g/mol. The lowest BCUT2D eigenvalue weighted by Crippen LogP contribution is -2.49. The van der Waals surface area contributed by atoms with E-state index >= 15 is 0 Å². The summed E-state index contributed by atoms with van der Waals surface area (Å²) in [6, 6.07) is 7.76. The van der Waals surface area contributed by atoms with Gasteiger partial charge in [0.1, 0.15) is 11.3 Å². The standard InChI is InChI=1S/C15H23NO3/c1-5-18-14(17)15(4,16)10-12(3)19-13-9-7-6-8-11(13)2/h6-9,12H,5,10,16H2,1-4H3. The van der Waals surface area contributed by atoms with Crippen LogP contribution in [0.25, 0.3) is 0 Å². The predicted octanol–water partition coefficient (Wildman–Crippen LogP) is 2.43. The highest BCUT2D eigenvalue weighted by Crippen LogP contribution is 2.21. The van der Waals surface area contributed by atoms with E-state index in [4.69, 9.17) is 15.2 Å². The van der Waals surface area contributed by atoms with Crippen LogP contribution in [0.4, 0.5) is 0 Å². The van der Waals surface area contributed by atoms with Crippen LogP contribution in [-0.2, 0) is 9.53 Å². The second kappa shape index (κ2) is 6.57. The average Bonchev–Trinajstić information content (AvgIpc) is 2.31. The fourth-order valence-corrected chi connectivity index (χ4v) is 1.92. The molecule has 0 fully saturated rings. The molecule has 1 aromatic carbocycles. The summed E-state index contributed by atoms with van der Waals surface area (Å²) in [5.41, 5.74) is 6.01. The molecule has 0 saturated heterocycles. The summed E-state index contributed by atoms with van der Waals surface area (Å²) >= 11 is 0. The molecule has 0 aliphatic rings. The molecule has 0 amide bonds. The lowest BCUT2D eigenvalue weighted by molar-refractivity contribution is -0.149. The predicted molar refractivity (Wildman–Crippen MR) is 75.1 cm³/mol. The number of carbonyl (C=O) groups is 1. The maximum absolute atomic E-state index is 11.7. The van der Waals surface area contributed by atoms with Crippen LogP contribution < -0.4 is 10.5 Å². The monoisotopic (exact) mass is 265 g/mol. The number of benzene rings is 1. The van der Waals surface area contributed by atoms with Gasteiger partial charge >= 0.3 is 5.97 Å². The fraction of sp³-hybridized carbons (Fsp3) is 0.533. The fourth-order valence-electron chi connectivity index (χ4n) is 1.92. The molecule has 0 spiro atoms. The van der Waals surface area contributed by atoms with Crippen LogP contribution in [0.5, 0.6) is 5.75 Å². The third-order valence-electron chi connectivity index (χ3n) is 2.87. The van der Waals surface area contributed by atoms with Gasteiger partial charge in [0.05, 0.1) is 12.7 Å². The molecule has 4 nitrogen and oxygen atoms in total. The molecule has 2 unspecified atom stereocenters. The van der Waals surface area contributed by atoms with Crippen LogP contribution in [0.1, 0.15) is 32.8 Å². The van der Waals surface area contributed by atoms with E-state index in [1.54, 1.807) is 13.8 Å². The van der Waals surface area contributed by atoms with Crippen molar-refractivity contribution in [2.75, 3.05) is 6.61 Å². The minimum absolute atomic E-state index is 0.166. The molecular formula is C15H23NO3. The van der Waals surface area contributed by atoms with E-state index in [1.807, 2.05) is 38.1 Å². The lowest BCUT2D eigenvalue weighted by atomic mass is 9.96. The molecule has 106 valence electrons. The zero-order chi connectivity index (χ0) is 14.5. The van der Waals surface area contributed by atoms with Crippen molar-refractivity contribution in [3.63, 3.8) is 0 Å². The summed E-state index contributed by atoms with van der Waals surface area (Å²) in [4.78, 5) is 11.7. The maximum Gasteiger partial charge on any atom is 0.325 e. The number of aryl methyl sites for hydroxylation is 1. The van der Waals surface area contributed by atoms with Gasteiger partial charge in [0.25, 0.3) is 0 Å². The molecule has 0 saturated carbocycles. The molecule has 4 heteroatoms. The Kier molecular flexibility index (Phi) is 5.36. The SMILES string of the molecule is CCOC(=O)C(C)(N)CC(C)Oc1ccccc1C. The topological polar surface area (TPSA) is 61.5 Å². The van der Waals surface area contributed by atoms with Crippen LogP contribution in [0, 0.1) is 6.92 Å². The van der Waals surface area contributed by atoms with Gasteiger partial charge in [-0.1, -0.05) is 18.2 Å². The van der Waals surface area contributed by atoms with Gasteiger partial charge in [0, 0.05) is 6.42 Å². The quantitative estimate of drug-likeness (QED) is 0.802. The molecule has 0 bridgehead atoms. The Morgan fingerprint density at radius 3 is 2.63 bits per heavy atom. The first-order chi connectivity index (χ1) is 8.86. The van der Waals surface area contributed by atoms with Crippen molar-refractivity contribution >= 4 is 5.97 Å². The molecule has 0 radical (unpaired) electrons. The Morgan fingerprint density at radius 1 is 1.42 bits per heavy atom. The van der Waals surface area contributed by atoms with Gasteiger partial charge in [-0.3, -0.25) is 4.79 Å². The molecule has 1 aromatic rings. The molecule has 1 rings (SSSR count). The first-order valence-corrected chi connectivity index (χ1v) is 6.55. The van der Waals surface area contributed by atoms with Gasteiger partial charge in [0.2, 0.25) is 0 Å². The molecule has 2 atom stereocenters. The zero-order valence-electron chi connectivity index (χ0n) is 12.1. The third-order valence-corrected chi connectivity index (χ3v) is 2.87. The second-order valence-electron chi connectivity index (χ2n) is 5.04. The van der Waals surface area contributed by atoms with Crippen LogP contribution in [0.15, 0.2) is 24.3 Å². The second-order valence-corrected chi connectivity index (χ2v) is 5.04. The number of rotatable bonds is 6. The van der Waals surface area contributed by atoms with E-state index in [1.165, 1.54) is 0 Å². The van der Waals surface area contributed by atoms with Crippen molar-refractivity contribution in [1.82, 2.24) is 0 Å². The normalized spacial score (nSPS) is 15.4. The maximum atomic E-state index is 11.7.